The zero-order chi connectivity index (χ0) is 8.20. The van der Waals surface area contributed by atoms with Gasteiger partial charge < -0.3 is 14.5 Å². The molecule has 0 aliphatic carbocycles. The molecular formula is C4H10ClO4P. The topological polar surface area (TPSA) is 66.8 Å². The van der Waals surface area contributed by atoms with Crippen molar-refractivity contribution in [2.75, 3.05) is 12.2 Å². The highest BCUT2D eigenvalue weighted by atomic mass is 35.5. The number of ether oxygens (including phenoxy) is 1. The van der Waals surface area contributed by atoms with Gasteiger partial charge in [-0.05, 0) is 6.92 Å². The van der Waals surface area contributed by atoms with E-state index in [4.69, 9.17) is 21.4 Å². The molecule has 0 fully saturated rings. The summed E-state index contributed by atoms with van der Waals surface area (Å²) >= 11 is 5.30. The summed E-state index contributed by atoms with van der Waals surface area (Å²) in [5.41, 5.74) is 0. The first-order valence-corrected chi connectivity index (χ1v) is 5.01. The van der Waals surface area contributed by atoms with Gasteiger partial charge in [0.1, 0.15) is 6.35 Å². The smallest absolute Gasteiger partial charge is 0.350 e. The molecular weight excluding hydrogens is 178 g/mol. The Morgan fingerprint density at radius 1 is 1.70 bits per heavy atom. The summed E-state index contributed by atoms with van der Waals surface area (Å²) in [6.45, 7) is 1.64. The van der Waals surface area contributed by atoms with Crippen molar-refractivity contribution in [1.29, 1.82) is 0 Å². The average molecular weight is 189 g/mol. The minimum atomic E-state index is -4.01. The van der Waals surface area contributed by atoms with Crippen molar-refractivity contribution in [2.24, 2.45) is 0 Å². The molecule has 0 aromatic carbocycles. The lowest BCUT2D eigenvalue weighted by atomic mass is 10.5. The van der Waals surface area contributed by atoms with E-state index in [1.165, 1.54) is 0 Å². The minimum Gasteiger partial charge on any atom is -0.365 e. The first-order chi connectivity index (χ1) is 4.45. The van der Waals surface area contributed by atoms with Crippen molar-refractivity contribution < 1.29 is 19.1 Å². The van der Waals surface area contributed by atoms with Crippen LogP contribution in [0.1, 0.15) is 6.92 Å². The quantitative estimate of drug-likeness (QED) is 0.505. The normalized spacial score (nSPS) is 15.2. The molecule has 2 N–H and O–H groups in total. The Balaban J connectivity index is 3.46. The van der Waals surface area contributed by atoms with Crippen LogP contribution < -0.4 is 0 Å². The SMILES string of the molecule is CC(CCl)OCP(=O)(O)O. The van der Waals surface area contributed by atoms with Crippen LogP contribution >= 0.6 is 19.2 Å². The second-order valence-electron chi connectivity index (χ2n) is 1.93. The predicted molar refractivity (Wildman–Crippen MR) is 38.2 cm³/mol. The lowest BCUT2D eigenvalue weighted by molar-refractivity contribution is 0.104. The van der Waals surface area contributed by atoms with Crippen molar-refractivity contribution in [2.45, 2.75) is 13.0 Å². The highest BCUT2D eigenvalue weighted by Gasteiger charge is 2.14. The van der Waals surface area contributed by atoms with Gasteiger partial charge in [0.2, 0.25) is 0 Å². The molecule has 0 aromatic rings. The van der Waals surface area contributed by atoms with E-state index in [1.54, 1.807) is 6.92 Å². The number of alkyl halides is 1. The summed E-state index contributed by atoms with van der Waals surface area (Å²) in [5, 5.41) is 0. The van der Waals surface area contributed by atoms with Gasteiger partial charge >= 0.3 is 7.60 Å². The maximum absolute atomic E-state index is 10.2. The first-order valence-electron chi connectivity index (χ1n) is 2.68. The second-order valence-corrected chi connectivity index (χ2v) is 3.82. The van der Waals surface area contributed by atoms with Crippen LogP contribution in [0, 0.1) is 0 Å². The van der Waals surface area contributed by atoms with Gasteiger partial charge in [-0.1, -0.05) is 0 Å². The number of hydrogen-bond acceptors (Lipinski definition) is 2. The molecule has 0 saturated heterocycles. The Hall–Kier alpha value is 0.400. The number of hydrogen-bond donors (Lipinski definition) is 2. The lowest BCUT2D eigenvalue weighted by Crippen LogP contribution is -2.10. The van der Waals surface area contributed by atoms with Crippen molar-refractivity contribution in [3.8, 4) is 0 Å². The summed E-state index contributed by atoms with van der Waals surface area (Å²) in [7, 11) is -4.01. The monoisotopic (exact) mass is 188 g/mol. The Morgan fingerprint density at radius 2 is 2.20 bits per heavy atom. The summed E-state index contributed by atoms with van der Waals surface area (Å²) in [6.07, 6.45) is -0.866. The van der Waals surface area contributed by atoms with Crippen molar-refractivity contribution in [3.63, 3.8) is 0 Å². The minimum absolute atomic E-state index is 0.236. The van der Waals surface area contributed by atoms with Crippen molar-refractivity contribution in [1.82, 2.24) is 0 Å². The van der Waals surface area contributed by atoms with Gasteiger partial charge in [-0.2, -0.15) is 0 Å². The molecule has 0 aliphatic heterocycles. The molecule has 0 heterocycles. The molecule has 1 unspecified atom stereocenters. The van der Waals surface area contributed by atoms with Gasteiger partial charge in [0, 0.05) is 5.88 Å². The maximum Gasteiger partial charge on any atom is 0.350 e. The van der Waals surface area contributed by atoms with Crippen LogP contribution in [-0.4, -0.2) is 28.1 Å². The fourth-order valence-corrected chi connectivity index (χ4v) is 0.807. The molecule has 10 heavy (non-hydrogen) atoms. The lowest BCUT2D eigenvalue weighted by Gasteiger charge is -2.09. The van der Waals surface area contributed by atoms with Gasteiger partial charge in [-0.3, -0.25) is 4.57 Å². The zero-order valence-electron chi connectivity index (χ0n) is 5.53. The largest absolute Gasteiger partial charge is 0.365 e. The van der Waals surface area contributed by atoms with Crippen molar-refractivity contribution >= 4 is 19.2 Å². The van der Waals surface area contributed by atoms with Crippen LogP contribution in [0.25, 0.3) is 0 Å². The van der Waals surface area contributed by atoms with E-state index >= 15 is 0 Å². The standard InChI is InChI=1S/C4H10ClO4P/c1-4(2-5)9-3-10(6,7)8/h4H,2-3H2,1H3,(H2,6,7,8). The Bertz CT molecular complexity index is 133. The fourth-order valence-electron chi connectivity index (χ4n) is 0.269. The second kappa shape index (κ2) is 4.31. The van der Waals surface area contributed by atoms with Crippen LogP contribution in [0.4, 0.5) is 0 Å². The van der Waals surface area contributed by atoms with E-state index in [1.807, 2.05) is 0 Å². The highest BCUT2D eigenvalue weighted by molar-refractivity contribution is 7.51. The highest BCUT2D eigenvalue weighted by Crippen LogP contribution is 2.34. The number of rotatable bonds is 4. The molecule has 0 aliphatic rings. The molecule has 0 bridgehead atoms. The Kier molecular flexibility index (Phi) is 4.49. The van der Waals surface area contributed by atoms with E-state index in [9.17, 15) is 4.57 Å². The molecule has 1 atom stereocenters. The molecule has 62 valence electrons. The van der Waals surface area contributed by atoms with E-state index in [2.05, 4.69) is 4.74 Å². The summed E-state index contributed by atoms with van der Waals surface area (Å²) in [6, 6.07) is 0. The van der Waals surface area contributed by atoms with Gasteiger partial charge in [-0.25, -0.2) is 0 Å². The summed E-state index contributed by atoms with van der Waals surface area (Å²) in [4.78, 5) is 16.6. The summed E-state index contributed by atoms with van der Waals surface area (Å²) in [5.74, 6) is 0.236. The molecule has 0 aromatic heterocycles. The molecule has 0 rings (SSSR count). The van der Waals surface area contributed by atoms with Crippen LogP contribution in [-0.2, 0) is 9.30 Å². The van der Waals surface area contributed by atoms with Gasteiger partial charge in [-0.15, -0.1) is 11.6 Å². The number of halogens is 1. The molecule has 6 heteroatoms. The van der Waals surface area contributed by atoms with Crippen molar-refractivity contribution in [3.05, 3.63) is 0 Å². The van der Waals surface area contributed by atoms with E-state index in [0.29, 0.717) is 0 Å². The van der Waals surface area contributed by atoms with Crippen LogP contribution in [0.5, 0.6) is 0 Å². The molecule has 0 spiro atoms. The van der Waals surface area contributed by atoms with Crippen LogP contribution in [0.15, 0.2) is 0 Å². The molecule has 0 saturated carbocycles. The Labute approximate surface area is 64.3 Å². The Morgan fingerprint density at radius 3 is 2.50 bits per heavy atom. The fraction of sp³-hybridized carbons (Fsp3) is 1.00. The van der Waals surface area contributed by atoms with Crippen LogP contribution in [0.3, 0.4) is 0 Å². The first kappa shape index (κ1) is 10.4. The molecule has 0 amide bonds. The van der Waals surface area contributed by atoms with Gasteiger partial charge in [0.15, 0.2) is 0 Å². The van der Waals surface area contributed by atoms with E-state index in [0.717, 1.165) is 0 Å². The molecule has 0 radical (unpaired) electrons. The van der Waals surface area contributed by atoms with E-state index in [-0.39, 0.29) is 12.0 Å². The third-order valence-electron chi connectivity index (χ3n) is 0.745. The predicted octanol–water partition coefficient (Wildman–Crippen LogP) is 0.765. The van der Waals surface area contributed by atoms with E-state index < -0.39 is 13.9 Å². The maximum atomic E-state index is 10.2. The third kappa shape index (κ3) is 6.52. The average Bonchev–Trinajstić information content (AvgIpc) is 1.81. The van der Waals surface area contributed by atoms with Gasteiger partial charge in [0.25, 0.3) is 0 Å². The van der Waals surface area contributed by atoms with Crippen LogP contribution in [0.2, 0.25) is 0 Å². The molecule has 4 nitrogen and oxygen atoms in total. The zero-order valence-corrected chi connectivity index (χ0v) is 7.18. The summed E-state index contributed by atoms with van der Waals surface area (Å²) < 4.78 is 14.8. The van der Waals surface area contributed by atoms with Gasteiger partial charge in [0.05, 0.1) is 6.10 Å². The third-order valence-corrected chi connectivity index (χ3v) is 1.66.